The van der Waals surface area contributed by atoms with E-state index in [1.165, 1.54) is 39.2 Å². The van der Waals surface area contributed by atoms with Crippen molar-refractivity contribution in [2.45, 2.75) is 76.7 Å². The van der Waals surface area contributed by atoms with Crippen LogP contribution in [0.15, 0.2) is 0 Å². The molecule has 0 amide bonds. The molecule has 0 aromatic rings. The van der Waals surface area contributed by atoms with Gasteiger partial charge in [-0.25, -0.2) is 8.78 Å². The zero-order valence-corrected chi connectivity index (χ0v) is 13.4. The lowest BCUT2D eigenvalue weighted by molar-refractivity contribution is -0.0946. The van der Waals surface area contributed by atoms with Crippen LogP contribution >= 0.6 is 0 Å². The van der Waals surface area contributed by atoms with Crippen LogP contribution < -0.4 is 0 Å². The van der Waals surface area contributed by atoms with Crippen molar-refractivity contribution >= 4 is 0 Å². The largest absolute Gasteiger partial charge is 0.378 e. The smallest absolute Gasteiger partial charge is 0.157 e. The molecule has 0 aromatic heterocycles. The first-order valence-corrected chi connectivity index (χ1v) is 8.91. The highest BCUT2D eigenvalue weighted by Crippen LogP contribution is 2.47. The third kappa shape index (κ3) is 3.43. The Morgan fingerprint density at radius 3 is 2.00 bits per heavy atom. The Labute approximate surface area is 127 Å². The lowest BCUT2D eigenvalue weighted by Crippen LogP contribution is -2.49. The van der Waals surface area contributed by atoms with Gasteiger partial charge in [0.2, 0.25) is 0 Å². The Hall–Kier alpha value is -0.180. The Morgan fingerprint density at radius 2 is 1.48 bits per heavy atom. The zero-order chi connectivity index (χ0) is 15.0. The Morgan fingerprint density at radius 1 is 0.905 bits per heavy atom. The minimum Gasteiger partial charge on any atom is -0.378 e. The number of rotatable bonds is 4. The van der Waals surface area contributed by atoms with E-state index in [2.05, 4.69) is 6.92 Å². The number of hydrogen-bond acceptors (Lipinski definition) is 1. The number of ether oxygens (including phenoxy) is 1. The van der Waals surface area contributed by atoms with E-state index in [0.29, 0.717) is 12.3 Å². The van der Waals surface area contributed by atoms with Crippen LogP contribution in [-0.4, -0.2) is 25.6 Å². The molecule has 3 saturated carbocycles. The molecule has 5 unspecified atom stereocenters. The van der Waals surface area contributed by atoms with Gasteiger partial charge in [0.05, 0.1) is 6.10 Å². The molecule has 5 atom stereocenters. The molecular formula is C18H30F2O. The van der Waals surface area contributed by atoms with Crippen LogP contribution in [0.3, 0.4) is 0 Å². The first-order chi connectivity index (χ1) is 10.1. The number of hydrogen-bond donors (Lipinski definition) is 0. The Kier molecular flexibility index (Phi) is 4.87. The fourth-order valence-electron chi connectivity index (χ4n) is 4.97. The average molecular weight is 300 g/mol. The number of methoxy groups -OCH3 is 1. The van der Waals surface area contributed by atoms with Gasteiger partial charge in [0, 0.05) is 7.11 Å². The van der Waals surface area contributed by atoms with Crippen LogP contribution in [0, 0.1) is 29.6 Å². The fraction of sp³-hybridized carbons (Fsp3) is 1.00. The molecule has 3 aliphatic rings. The molecular weight excluding hydrogens is 270 g/mol. The van der Waals surface area contributed by atoms with Crippen molar-refractivity contribution < 1.29 is 13.5 Å². The van der Waals surface area contributed by atoms with Gasteiger partial charge in [-0.2, -0.15) is 0 Å². The van der Waals surface area contributed by atoms with Crippen LogP contribution in [0.5, 0.6) is 0 Å². The maximum Gasteiger partial charge on any atom is 0.157 e. The van der Waals surface area contributed by atoms with Crippen molar-refractivity contribution in [3.63, 3.8) is 0 Å². The van der Waals surface area contributed by atoms with Crippen molar-refractivity contribution in [2.75, 3.05) is 7.11 Å². The van der Waals surface area contributed by atoms with Gasteiger partial charge in [0.25, 0.3) is 0 Å². The van der Waals surface area contributed by atoms with Crippen molar-refractivity contribution in [2.24, 2.45) is 29.6 Å². The molecule has 0 aliphatic heterocycles. The summed E-state index contributed by atoms with van der Waals surface area (Å²) in [5.41, 5.74) is 0. The van der Waals surface area contributed by atoms with E-state index in [1.807, 2.05) is 0 Å². The topological polar surface area (TPSA) is 9.23 Å². The van der Waals surface area contributed by atoms with E-state index in [-0.39, 0.29) is 11.8 Å². The molecule has 21 heavy (non-hydrogen) atoms. The molecule has 0 aromatic carbocycles. The highest BCUT2D eigenvalue weighted by molar-refractivity contribution is 4.96. The minimum atomic E-state index is -1.43. The summed E-state index contributed by atoms with van der Waals surface area (Å²) in [6, 6.07) is 0. The molecule has 3 aliphatic carbocycles. The van der Waals surface area contributed by atoms with Crippen LogP contribution in [0.1, 0.15) is 58.3 Å². The summed E-state index contributed by atoms with van der Waals surface area (Å²) in [5, 5.41) is 0. The van der Waals surface area contributed by atoms with Gasteiger partial charge >= 0.3 is 0 Å². The molecule has 0 spiro atoms. The maximum atomic E-state index is 14.6. The molecule has 3 fully saturated rings. The van der Waals surface area contributed by atoms with Gasteiger partial charge in [0.15, 0.2) is 6.17 Å². The molecule has 0 N–H and O–H groups in total. The zero-order valence-electron chi connectivity index (χ0n) is 13.4. The van der Waals surface area contributed by atoms with Crippen LogP contribution in [-0.2, 0) is 4.74 Å². The second kappa shape index (κ2) is 6.52. The SMILES string of the molecule is COC1CC(C)C(C2CCC(CC3CC3)CC2)C(F)C1F. The summed E-state index contributed by atoms with van der Waals surface area (Å²) in [6.07, 6.45) is 6.30. The van der Waals surface area contributed by atoms with Crippen molar-refractivity contribution in [3.05, 3.63) is 0 Å². The monoisotopic (exact) mass is 300 g/mol. The van der Waals surface area contributed by atoms with Crippen molar-refractivity contribution in [1.29, 1.82) is 0 Å². The van der Waals surface area contributed by atoms with Crippen LogP contribution in [0.25, 0.3) is 0 Å². The molecule has 0 radical (unpaired) electrons. The van der Waals surface area contributed by atoms with Gasteiger partial charge in [-0.1, -0.05) is 32.6 Å². The second-order valence-corrected chi connectivity index (χ2v) is 7.91. The highest BCUT2D eigenvalue weighted by atomic mass is 19.2. The predicted molar refractivity (Wildman–Crippen MR) is 80.6 cm³/mol. The quantitative estimate of drug-likeness (QED) is 0.714. The third-order valence-electron chi connectivity index (χ3n) is 6.39. The van der Waals surface area contributed by atoms with Crippen LogP contribution in [0.2, 0.25) is 0 Å². The standard InChI is InChI=1S/C18H30F2O/c1-11-9-15(21-2)17(19)18(20)16(11)14-7-5-13(6-8-14)10-12-3-4-12/h11-18H,3-10H2,1-2H3. The Balaban J connectivity index is 1.56. The molecule has 0 bridgehead atoms. The molecule has 122 valence electrons. The summed E-state index contributed by atoms with van der Waals surface area (Å²) < 4.78 is 33.9. The summed E-state index contributed by atoms with van der Waals surface area (Å²) in [7, 11) is 1.50. The lowest BCUT2D eigenvalue weighted by atomic mass is 9.65. The summed E-state index contributed by atoms with van der Waals surface area (Å²) in [6.45, 7) is 2.09. The summed E-state index contributed by atoms with van der Waals surface area (Å²) >= 11 is 0. The predicted octanol–water partition coefficient (Wildman–Crippen LogP) is 4.94. The normalized spacial score (nSPS) is 48.3. The van der Waals surface area contributed by atoms with Gasteiger partial charge < -0.3 is 4.74 Å². The molecule has 0 heterocycles. The van der Waals surface area contributed by atoms with Gasteiger partial charge in [0.1, 0.15) is 6.17 Å². The average Bonchev–Trinajstić information content (AvgIpc) is 3.29. The number of alkyl halides is 2. The van der Waals surface area contributed by atoms with Gasteiger partial charge in [-0.3, -0.25) is 0 Å². The van der Waals surface area contributed by atoms with E-state index in [1.54, 1.807) is 0 Å². The van der Waals surface area contributed by atoms with E-state index >= 15 is 0 Å². The molecule has 0 saturated heterocycles. The summed E-state index contributed by atoms with van der Waals surface area (Å²) in [5.74, 6) is 2.39. The van der Waals surface area contributed by atoms with E-state index in [0.717, 1.165) is 24.7 Å². The molecule has 3 rings (SSSR count). The van der Waals surface area contributed by atoms with Gasteiger partial charge in [-0.05, 0) is 55.3 Å². The highest BCUT2D eigenvalue weighted by Gasteiger charge is 2.47. The van der Waals surface area contributed by atoms with Gasteiger partial charge in [-0.15, -0.1) is 0 Å². The third-order valence-corrected chi connectivity index (χ3v) is 6.39. The van der Waals surface area contributed by atoms with Crippen LogP contribution in [0.4, 0.5) is 8.78 Å². The number of halogens is 2. The van der Waals surface area contributed by atoms with E-state index < -0.39 is 18.4 Å². The minimum absolute atomic E-state index is 0.0896. The lowest BCUT2D eigenvalue weighted by Gasteiger charge is -2.44. The first-order valence-electron chi connectivity index (χ1n) is 8.91. The van der Waals surface area contributed by atoms with E-state index in [9.17, 15) is 8.78 Å². The van der Waals surface area contributed by atoms with Crippen molar-refractivity contribution in [1.82, 2.24) is 0 Å². The molecule has 3 heteroatoms. The summed E-state index contributed by atoms with van der Waals surface area (Å²) in [4.78, 5) is 0. The second-order valence-electron chi connectivity index (χ2n) is 7.91. The maximum absolute atomic E-state index is 14.6. The Bertz CT molecular complexity index is 336. The van der Waals surface area contributed by atoms with E-state index in [4.69, 9.17) is 4.74 Å². The molecule has 1 nitrogen and oxygen atoms in total. The first kappa shape index (κ1) is 15.7. The van der Waals surface area contributed by atoms with Crippen molar-refractivity contribution in [3.8, 4) is 0 Å². The fourth-order valence-corrected chi connectivity index (χ4v) is 4.97.